The zero-order chi connectivity index (χ0) is 16.8. The molecule has 0 aliphatic rings. The average Bonchev–Trinajstić information content (AvgIpc) is 2.65. The third kappa shape index (κ3) is 3.38. The standard InChI is InChI=1S/C14H14O9/c15-20-13(21-16,11-7-3-1-4-8-11)19-14(22-17,23-18)12-9-5-2-6-10-12/h1-10,15-18H. The molecule has 0 saturated carbocycles. The van der Waals surface area contributed by atoms with Crippen LogP contribution in [0.5, 0.6) is 0 Å². The molecule has 0 heterocycles. The average molecular weight is 326 g/mol. The highest BCUT2D eigenvalue weighted by Crippen LogP contribution is 2.38. The van der Waals surface area contributed by atoms with Gasteiger partial charge in [-0.1, -0.05) is 60.7 Å². The van der Waals surface area contributed by atoms with Crippen LogP contribution in [-0.4, -0.2) is 21.0 Å². The van der Waals surface area contributed by atoms with Gasteiger partial charge in [0.15, 0.2) is 0 Å². The van der Waals surface area contributed by atoms with E-state index < -0.39 is 11.9 Å². The van der Waals surface area contributed by atoms with Gasteiger partial charge in [-0.3, -0.25) is 4.74 Å². The van der Waals surface area contributed by atoms with Gasteiger partial charge in [-0.2, -0.15) is 19.6 Å². The van der Waals surface area contributed by atoms with Crippen molar-refractivity contribution in [1.29, 1.82) is 0 Å². The number of hydrogen-bond donors (Lipinski definition) is 4. The van der Waals surface area contributed by atoms with Crippen LogP contribution < -0.4 is 0 Å². The highest BCUT2D eigenvalue weighted by Gasteiger charge is 2.51. The predicted molar refractivity (Wildman–Crippen MR) is 72.2 cm³/mol. The molecule has 0 fully saturated rings. The quantitative estimate of drug-likeness (QED) is 0.329. The minimum absolute atomic E-state index is 0.0422. The number of ether oxygens (including phenoxy) is 1. The van der Waals surface area contributed by atoms with Crippen LogP contribution in [0.3, 0.4) is 0 Å². The van der Waals surface area contributed by atoms with E-state index in [1.807, 2.05) is 0 Å². The van der Waals surface area contributed by atoms with Gasteiger partial charge in [0.2, 0.25) is 0 Å². The topological polar surface area (TPSA) is 127 Å². The van der Waals surface area contributed by atoms with Gasteiger partial charge in [-0.25, -0.2) is 21.0 Å². The van der Waals surface area contributed by atoms with Gasteiger partial charge >= 0.3 is 11.9 Å². The summed E-state index contributed by atoms with van der Waals surface area (Å²) in [5.41, 5.74) is -0.0844. The first-order valence-corrected chi connectivity index (χ1v) is 6.28. The molecule has 0 bridgehead atoms. The fraction of sp³-hybridized carbons (Fsp3) is 0.143. The van der Waals surface area contributed by atoms with Crippen molar-refractivity contribution in [2.75, 3.05) is 0 Å². The Bertz CT molecular complexity index is 528. The Morgan fingerprint density at radius 1 is 0.522 bits per heavy atom. The molecule has 0 unspecified atom stereocenters. The molecule has 0 aliphatic carbocycles. The smallest absolute Gasteiger partial charge is 0.254 e. The highest BCUT2D eigenvalue weighted by molar-refractivity contribution is 5.21. The lowest BCUT2D eigenvalue weighted by molar-refractivity contribution is -0.668. The molecular formula is C14H14O9. The van der Waals surface area contributed by atoms with Crippen molar-refractivity contribution in [2.45, 2.75) is 11.9 Å². The molecule has 0 amide bonds. The lowest BCUT2D eigenvalue weighted by Crippen LogP contribution is -2.46. The number of hydrogen-bond acceptors (Lipinski definition) is 9. The number of benzene rings is 2. The molecule has 2 aromatic rings. The largest absolute Gasteiger partial charge is 0.370 e. The molecular weight excluding hydrogens is 312 g/mol. The second-order valence-corrected chi connectivity index (χ2v) is 4.31. The van der Waals surface area contributed by atoms with Crippen LogP contribution >= 0.6 is 0 Å². The summed E-state index contributed by atoms with van der Waals surface area (Å²) in [7, 11) is 0. The van der Waals surface area contributed by atoms with Gasteiger partial charge in [0.05, 0.1) is 0 Å². The molecule has 0 radical (unpaired) electrons. The summed E-state index contributed by atoms with van der Waals surface area (Å²) in [5, 5.41) is 36.6. The van der Waals surface area contributed by atoms with Gasteiger partial charge in [0, 0.05) is 11.1 Å². The van der Waals surface area contributed by atoms with E-state index >= 15 is 0 Å². The maximum absolute atomic E-state index is 9.15. The molecule has 0 atom stereocenters. The summed E-state index contributed by atoms with van der Waals surface area (Å²) in [6, 6.07) is 14.8. The maximum Gasteiger partial charge on any atom is 0.370 e. The minimum Gasteiger partial charge on any atom is -0.254 e. The summed E-state index contributed by atoms with van der Waals surface area (Å²) >= 11 is 0. The van der Waals surface area contributed by atoms with E-state index in [1.54, 1.807) is 12.1 Å². The van der Waals surface area contributed by atoms with E-state index in [-0.39, 0.29) is 11.1 Å². The molecule has 0 aliphatic heterocycles. The predicted octanol–water partition coefficient (Wildman–Crippen LogP) is 2.58. The minimum atomic E-state index is -2.69. The first kappa shape index (κ1) is 17.4. The van der Waals surface area contributed by atoms with Crippen LogP contribution in [0.25, 0.3) is 0 Å². The Morgan fingerprint density at radius 3 is 1.09 bits per heavy atom. The summed E-state index contributed by atoms with van der Waals surface area (Å²) in [6.45, 7) is 0. The normalized spacial score (nSPS) is 12.3. The Labute approximate surface area is 130 Å². The van der Waals surface area contributed by atoms with Crippen molar-refractivity contribution in [3.05, 3.63) is 71.8 Å². The van der Waals surface area contributed by atoms with Crippen molar-refractivity contribution < 1.29 is 45.3 Å². The van der Waals surface area contributed by atoms with Crippen molar-refractivity contribution in [1.82, 2.24) is 0 Å². The Hall–Kier alpha value is -1.92. The second-order valence-electron chi connectivity index (χ2n) is 4.31. The van der Waals surface area contributed by atoms with Gasteiger partial charge in [0.1, 0.15) is 0 Å². The first-order chi connectivity index (χ1) is 11.2. The number of rotatable bonds is 8. The zero-order valence-electron chi connectivity index (χ0n) is 11.6. The van der Waals surface area contributed by atoms with Crippen molar-refractivity contribution in [2.24, 2.45) is 0 Å². The fourth-order valence-corrected chi connectivity index (χ4v) is 1.90. The SMILES string of the molecule is OOC(OO)(OC(OO)(OO)c1ccccc1)c1ccccc1. The summed E-state index contributed by atoms with van der Waals surface area (Å²) < 4.78 is 5.11. The van der Waals surface area contributed by atoms with Crippen LogP contribution in [0.4, 0.5) is 0 Å². The van der Waals surface area contributed by atoms with Gasteiger partial charge < -0.3 is 0 Å². The third-order valence-electron chi connectivity index (χ3n) is 3.00. The van der Waals surface area contributed by atoms with Gasteiger partial charge in [0.25, 0.3) is 0 Å². The van der Waals surface area contributed by atoms with E-state index in [1.165, 1.54) is 48.5 Å². The molecule has 0 spiro atoms. The van der Waals surface area contributed by atoms with Crippen LogP contribution in [0, 0.1) is 0 Å². The molecule has 124 valence electrons. The molecule has 0 saturated heterocycles. The van der Waals surface area contributed by atoms with E-state index in [0.29, 0.717) is 0 Å². The van der Waals surface area contributed by atoms with Crippen LogP contribution in [0.1, 0.15) is 11.1 Å². The second kappa shape index (κ2) is 7.57. The monoisotopic (exact) mass is 326 g/mol. The lowest BCUT2D eigenvalue weighted by atomic mass is 10.1. The lowest BCUT2D eigenvalue weighted by Gasteiger charge is -2.35. The van der Waals surface area contributed by atoms with Crippen LogP contribution in [0.2, 0.25) is 0 Å². The Balaban J connectivity index is 2.48. The molecule has 9 heteroatoms. The molecule has 23 heavy (non-hydrogen) atoms. The molecule has 0 aromatic heterocycles. The van der Waals surface area contributed by atoms with Crippen molar-refractivity contribution in [3.63, 3.8) is 0 Å². The first-order valence-electron chi connectivity index (χ1n) is 6.28. The third-order valence-corrected chi connectivity index (χ3v) is 3.00. The molecule has 9 nitrogen and oxygen atoms in total. The van der Waals surface area contributed by atoms with Crippen LogP contribution in [-0.2, 0) is 36.2 Å². The Morgan fingerprint density at radius 2 is 0.826 bits per heavy atom. The Kier molecular flexibility index (Phi) is 5.74. The highest BCUT2D eigenvalue weighted by atomic mass is 17.3. The maximum atomic E-state index is 9.15. The van der Waals surface area contributed by atoms with E-state index in [9.17, 15) is 0 Å². The fourth-order valence-electron chi connectivity index (χ4n) is 1.90. The molecule has 4 N–H and O–H groups in total. The van der Waals surface area contributed by atoms with Crippen molar-refractivity contribution >= 4 is 0 Å². The van der Waals surface area contributed by atoms with Crippen LogP contribution in [0.15, 0.2) is 60.7 Å². The molecule has 2 aromatic carbocycles. The van der Waals surface area contributed by atoms with E-state index in [0.717, 1.165) is 0 Å². The summed E-state index contributed by atoms with van der Waals surface area (Å²) in [6.07, 6.45) is 0. The van der Waals surface area contributed by atoms with E-state index in [2.05, 4.69) is 19.6 Å². The molecule has 2 rings (SSSR count). The van der Waals surface area contributed by atoms with Gasteiger partial charge in [-0.05, 0) is 0 Å². The summed E-state index contributed by atoms with van der Waals surface area (Å²) in [5.74, 6) is -5.38. The van der Waals surface area contributed by atoms with Crippen molar-refractivity contribution in [3.8, 4) is 0 Å². The zero-order valence-corrected chi connectivity index (χ0v) is 11.6. The summed E-state index contributed by atoms with van der Waals surface area (Å²) in [4.78, 5) is 16.3. The van der Waals surface area contributed by atoms with E-state index in [4.69, 9.17) is 25.8 Å². The van der Waals surface area contributed by atoms with Gasteiger partial charge in [-0.15, -0.1) is 0 Å².